The van der Waals surface area contributed by atoms with Crippen molar-refractivity contribution in [3.8, 4) is 0 Å². The van der Waals surface area contributed by atoms with E-state index in [-0.39, 0.29) is 11.7 Å². The summed E-state index contributed by atoms with van der Waals surface area (Å²) in [6.07, 6.45) is 1.83. The number of aromatic nitrogens is 1. The molecule has 0 bridgehead atoms. The van der Waals surface area contributed by atoms with Crippen molar-refractivity contribution in [2.45, 2.75) is 6.54 Å². The molecule has 0 unspecified atom stereocenters. The number of rotatable bonds is 3. The second kappa shape index (κ2) is 7.54. The number of fused-ring (bicyclic) bond motifs is 2. The summed E-state index contributed by atoms with van der Waals surface area (Å²) in [6.45, 7) is 3.88. The van der Waals surface area contributed by atoms with Gasteiger partial charge in [0.2, 0.25) is 0 Å². The van der Waals surface area contributed by atoms with Crippen LogP contribution in [-0.4, -0.2) is 46.9 Å². The molecular weight excluding hydrogens is 385 g/mol. The molecule has 146 valence electrons. The van der Waals surface area contributed by atoms with E-state index in [4.69, 9.17) is 0 Å². The predicted octanol–water partition coefficient (Wildman–Crippen LogP) is 4.55. The van der Waals surface area contributed by atoms with Gasteiger partial charge in [-0.1, -0.05) is 24.3 Å². The highest BCUT2D eigenvalue weighted by Gasteiger charge is 2.24. The van der Waals surface area contributed by atoms with Crippen molar-refractivity contribution < 1.29 is 9.18 Å². The number of pyridine rings is 1. The summed E-state index contributed by atoms with van der Waals surface area (Å²) >= 11 is 1.43. The quantitative estimate of drug-likeness (QED) is 0.502. The highest BCUT2D eigenvalue weighted by molar-refractivity contribution is 7.20. The van der Waals surface area contributed by atoms with Crippen LogP contribution in [0.25, 0.3) is 21.0 Å². The molecule has 1 aliphatic heterocycles. The molecule has 1 amide bonds. The van der Waals surface area contributed by atoms with Gasteiger partial charge in [-0.15, -0.1) is 11.3 Å². The fraction of sp³-hybridized carbons (Fsp3) is 0.217. The summed E-state index contributed by atoms with van der Waals surface area (Å²) in [5, 5.41) is 1.94. The average molecular weight is 405 g/mol. The van der Waals surface area contributed by atoms with Crippen LogP contribution >= 0.6 is 11.3 Å². The number of carbonyl (C=O) groups is 1. The van der Waals surface area contributed by atoms with Crippen molar-refractivity contribution in [2.24, 2.45) is 0 Å². The summed E-state index contributed by atoms with van der Waals surface area (Å²) < 4.78 is 14.4. The Labute approximate surface area is 172 Å². The summed E-state index contributed by atoms with van der Waals surface area (Å²) in [7, 11) is 0. The minimum Gasteiger partial charge on any atom is -0.335 e. The fourth-order valence-electron chi connectivity index (χ4n) is 3.92. The normalized spacial score (nSPS) is 15.3. The van der Waals surface area contributed by atoms with Gasteiger partial charge in [0.25, 0.3) is 5.91 Å². The van der Waals surface area contributed by atoms with Crippen LogP contribution in [0.2, 0.25) is 0 Å². The molecule has 1 saturated heterocycles. The van der Waals surface area contributed by atoms with Crippen LogP contribution in [0.4, 0.5) is 4.39 Å². The van der Waals surface area contributed by atoms with Gasteiger partial charge in [0.05, 0.1) is 10.4 Å². The monoisotopic (exact) mass is 405 g/mol. The lowest BCUT2D eigenvalue weighted by Crippen LogP contribution is -2.48. The molecule has 0 atom stereocenters. The van der Waals surface area contributed by atoms with E-state index in [0.29, 0.717) is 18.0 Å². The smallest absolute Gasteiger partial charge is 0.264 e. The van der Waals surface area contributed by atoms with Crippen molar-refractivity contribution in [1.82, 2.24) is 14.8 Å². The number of benzene rings is 2. The summed E-state index contributed by atoms with van der Waals surface area (Å²) in [4.78, 5) is 22.4. The van der Waals surface area contributed by atoms with Gasteiger partial charge in [0.15, 0.2) is 0 Å². The summed E-state index contributed by atoms with van der Waals surface area (Å²) in [6, 6.07) is 16.8. The van der Waals surface area contributed by atoms with E-state index in [1.54, 1.807) is 12.1 Å². The molecule has 6 heteroatoms. The molecule has 2 aromatic carbocycles. The zero-order valence-corrected chi connectivity index (χ0v) is 16.7. The number of piperazine rings is 1. The Morgan fingerprint density at radius 1 is 1.00 bits per heavy atom. The zero-order chi connectivity index (χ0) is 19.8. The van der Waals surface area contributed by atoms with Gasteiger partial charge < -0.3 is 4.90 Å². The Hall–Kier alpha value is -2.83. The van der Waals surface area contributed by atoms with E-state index < -0.39 is 0 Å². The minimum absolute atomic E-state index is 0.0399. The van der Waals surface area contributed by atoms with Crippen molar-refractivity contribution in [2.75, 3.05) is 26.2 Å². The maximum absolute atomic E-state index is 13.4. The van der Waals surface area contributed by atoms with Crippen LogP contribution in [0, 0.1) is 5.82 Å². The molecule has 0 aliphatic carbocycles. The molecular formula is C23H20FN3OS. The van der Waals surface area contributed by atoms with Crippen LogP contribution in [0.3, 0.4) is 0 Å². The second-order valence-corrected chi connectivity index (χ2v) is 8.44. The largest absolute Gasteiger partial charge is 0.335 e. The van der Waals surface area contributed by atoms with E-state index in [1.807, 2.05) is 17.2 Å². The SMILES string of the molecule is O=C(c1cc2cc(F)ccc2s1)N1CCN(Cc2cccc3cccnc23)CC1. The maximum Gasteiger partial charge on any atom is 0.264 e. The van der Waals surface area contributed by atoms with Crippen molar-refractivity contribution >= 4 is 38.2 Å². The van der Waals surface area contributed by atoms with E-state index in [2.05, 4.69) is 34.1 Å². The first-order valence-electron chi connectivity index (χ1n) is 9.71. The van der Waals surface area contributed by atoms with Gasteiger partial charge in [-0.25, -0.2) is 4.39 Å². The number of nitrogens with zero attached hydrogens (tertiary/aromatic N) is 3. The van der Waals surface area contributed by atoms with Gasteiger partial charge in [-0.05, 0) is 41.3 Å². The lowest BCUT2D eigenvalue weighted by Gasteiger charge is -2.34. The van der Waals surface area contributed by atoms with E-state index in [9.17, 15) is 9.18 Å². The Bertz CT molecular complexity index is 1190. The number of thiophene rings is 1. The highest BCUT2D eigenvalue weighted by Crippen LogP contribution is 2.28. The molecule has 0 saturated carbocycles. The third-order valence-electron chi connectivity index (χ3n) is 5.46. The first kappa shape index (κ1) is 18.2. The Balaban J connectivity index is 1.26. The Morgan fingerprint density at radius 3 is 2.69 bits per heavy atom. The molecule has 0 N–H and O–H groups in total. The molecule has 0 spiro atoms. The number of halogens is 1. The van der Waals surface area contributed by atoms with Gasteiger partial charge in [-0.2, -0.15) is 0 Å². The molecule has 3 heterocycles. The molecule has 4 aromatic rings. The maximum atomic E-state index is 13.4. The number of hydrogen-bond donors (Lipinski definition) is 0. The third kappa shape index (κ3) is 3.61. The fourth-order valence-corrected chi connectivity index (χ4v) is 4.93. The first-order chi connectivity index (χ1) is 14.2. The second-order valence-electron chi connectivity index (χ2n) is 7.35. The topological polar surface area (TPSA) is 36.4 Å². The van der Waals surface area contributed by atoms with Crippen LogP contribution in [-0.2, 0) is 6.54 Å². The van der Waals surface area contributed by atoms with Crippen molar-refractivity contribution in [1.29, 1.82) is 0 Å². The number of hydrogen-bond acceptors (Lipinski definition) is 4. The molecule has 4 nitrogen and oxygen atoms in total. The molecule has 2 aromatic heterocycles. The highest BCUT2D eigenvalue weighted by atomic mass is 32.1. The third-order valence-corrected chi connectivity index (χ3v) is 6.56. The van der Waals surface area contributed by atoms with Crippen LogP contribution < -0.4 is 0 Å². The van der Waals surface area contributed by atoms with Crippen LogP contribution in [0.5, 0.6) is 0 Å². The Kier molecular flexibility index (Phi) is 4.73. The summed E-state index contributed by atoms with van der Waals surface area (Å²) in [5.74, 6) is -0.232. The lowest BCUT2D eigenvalue weighted by molar-refractivity contribution is 0.0633. The standard InChI is InChI=1S/C23H20FN3OS/c24-19-6-7-20-18(13-19)14-21(29-20)23(28)27-11-9-26(10-12-27)15-17-4-1-3-16-5-2-8-25-22(16)17/h1-8,13-14H,9-12,15H2. The molecule has 0 radical (unpaired) electrons. The van der Waals surface area contributed by atoms with E-state index in [1.165, 1.54) is 29.0 Å². The number of para-hydroxylation sites is 1. The number of amides is 1. The van der Waals surface area contributed by atoms with Gasteiger partial charge in [0.1, 0.15) is 5.82 Å². The zero-order valence-electron chi connectivity index (χ0n) is 15.8. The summed E-state index contributed by atoms with van der Waals surface area (Å²) in [5.41, 5.74) is 2.26. The minimum atomic E-state index is -0.272. The van der Waals surface area contributed by atoms with Crippen LogP contribution in [0.15, 0.2) is 60.8 Å². The predicted molar refractivity (Wildman–Crippen MR) is 115 cm³/mol. The lowest BCUT2D eigenvalue weighted by atomic mass is 10.1. The first-order valence-corrected chi connectivity index (χ1v) is 10.5. The molecule has 29 heavy (non-hydrogen) atoms. The van der Waals surface area contributed by atoms with Crippen LogP contribution in [0.1, 0.15) is 15.2 Å². The van der Waals surface area contributed by atoms with Crippen molar-refractivity contribution in [3.63, 3.8) is 0 Å². The van der Waals surface area contributed by atoms with Gasteiger partial charge in [0, 0.05) is 49.0 Å². The van der Waals surface area contributed by atoms with Gasteiger partial charge in [-0.3, -0.25) is 14.7 Å². The van der Waals surface area contributed by atoms with Crippen molar-refractivity contribution in [3.05, 3.63) is 77.1 Å². The Morgan fingerprint density at radius 2 is 1.83 bits per heavy atom. The molecule has 5 rings (SSSR count). The molecule has 1 fully saturated rings. The van der Waals surface area contributed by atoms with E-state index >= 15 is 0 Å². The average Bonchev–Trinajstić information content (AvgIpc) is 3.17. The van der Waals surface area contributed by atoms with Gasteiger partial charge >= 0.3 is 0 Å². The number of carbonyl (C=O) groups excluding carboxylic acids is 1. The van der Waals surface area contributed by atoms with E-state index in [0.717, 1.165) is 40.6 Å². The molecule has 1 aliphatic rings.